The van der Waals surface area contributed by atoms with E-state index >= 15 is 0 Å². The van der Waals surface area contributed by atoms with Crippen LogP contribution in [0.15, 0.2) is 48.7 Å². The molecule has 3 aromatic rings. The summed E-state index contributed by atoms with van der Waals surface area (Å²) in [6.07, 6.45) is 1.69. The van der Waals surface area contributed by atoms with Gasteiger partial charge in [0.1, 0.15) is 5.82 Å². The number of benzene rings is 1. The Balaban J connectivity index is 1.84. The zero-order valence-corrected chi connectivity index (χ0v) is 12.1. The molecule has 0 aliphatic carbocycles. The fraction of sp³-hybridized carbons (Fsp3) is 0.188. The van der Waals surface area contributed by atoms with E-state index in [0.29, 0.717) is 17.0 Å². The average Bonchev–Trinajstić information content (AvgIpc) is 2.94. The standard InChI is InChI=1S/C16H16N4O2/c1-11-18-19-15-8-7-13(9-20(11)15)16(22)17-14(10-21)12-5-3-2-4-6-12/h2-9,14,21H,10H2,1H3,(H,17,22). The lowest BCUT2D eigenvalue weighted by Crippen LogP contribution is -2.30. The summed E-state index contributed by atoms with van der Waals surface area (Å²) in [6.45, 7) is 1.66. The molecule has 0 bridgehead atoms. The lowest BCUT2D eigenvalue weighted by Gasteiger charge is -2.16. The number of hydrogen-bond acceptors (Lipinski definition) is 4. The van der Waals surface area contributed by atoms with Gasteiger partial charge in [-0.05, 0) is 24.6 Å². The Morgan fingerprint density at radius 3 is 2.73 bits per heavy atom. The molecular formula is C16H16N4O2. The Hall–Kier alpha value is -2.73. The normalized spacial score (nSPS) is 12.3. The minimum Gasteiger partial charge on any atom is -0.394 e. The van der Waals surface area contributed by atoms with Gasteiger partial charge in [0.2, 0.25) is 0 Å². The van der Waals surface area contributed by atoms with Crippen LogP contribution in [0.4, 0.5) is 0 Å². The first-order valence-electron chi connectivity index (χ1n) is 6.97. The number of nitrogens with one attached hydrogen (secondary N) is 1. The van der Waals surface area contributed by atoms with Crippen molar-refractivity contribution >= 4 is 11.6 Å². The van der Waals surface area contributed by atoms with Crippen LogP contribution in [0.1, 0.15) is 27.8 Å². The fourth-order valence-corrected chi connectivity index (χ4v) is 2.30. The van der Waals surface area contributed by atoms with Gasteiger partial charge in [0.05, 0.1) is 18.2 Å². The topological polar surface area (TPSA) is 79.5 Å². The molecule has 1 aromatic carbocycles. The van der Waals surface area contributed by atoms with Gasteiger partial charge >= 0.3 is 0 Å². The molecule has 3 rings (SSSR count). The number of carbonyl (C=O) groups is 1. The predicted molar refractivity (Wildman–Crippen MR) is 81.5 cm³/mol. The fourth-order valence-electron chi connectivity index (χ4n) is 2.30. The molecule has 22 heavy (non-hydrogen) atoms. The highest BCUT2D eigenvalue weighted by molar-refractivity contribution is 5.94. The molecule has 0 fully saturated rings. The van der Waals surface area contributed by atoms with Gasteiger partial charge < -0.3 is 10.4 Å². The van der Waals surface area contributed by atoms with Gasteiger partial charge in [-0.3, -0.25) is 9.20 Å². The molecule has 2 heterocycles. The summed E-state index contributed by atoms with van der Waals surface area (Å²) in [7, 11) is 0. The Kier molecular flexibility index (Phi) is 3.84. The van der Waals surface area contributed by atoms with E-state index in [4.69, 9.17) is 0 Å². The van der Waals surface area contributed by atoms with Crippen molar-refractivity contribution in [2.45, 2.75) is 13.0 Å². The third-order valence-electron chi connectivity index (χ3n) is 3.52. The van der Waals surface area contributed by atoms with Crippen LogP contribution in [0.3, 0.4) is 0 Å². The second kappa shape index (κ2) is 5.95. The summed E-state index contributed by atoms with van der Waals surface area (Å²) in [6, 6.07) is 12.4. The average molecular weight is 296 g/mol. The zero-order valence-electron chi connectivity index (χ0n) is 12.1. The van der Waals surface area contributed by atoms with Crippen molar-refractivity contribution in [2.75, 3.05) is 6.61 Å². The van der Waals surface area contributed by atoms with Crippen molar-refractivity contribution in [3.63, 3.8) is 0 Å². The molecular weight excluding hydrogens is 280 g/mol. The van der Waals surface area contributed by atoms with E-state index in [1.165, 1.54) is 0 Å². The van der Waals surface area contributed by atoms with Gasteiger partial charge in [0.25, 0.3) is 5.91 Å². The molecule has 0 spiro atoms. The molecule has 112 valence electrons. The van der Waals surface area contributed by atoms with E-state index in [0.717, 1.165) is 5.56 Å². The zero-order chi connectivity index (χ0) is 15.5. The Morgan fingerprint density at radius 1 is 1.23 bits per heavy atom. The Bertz CT molecular complexity index is 798. The number of fused-ring (bicyclic) bond motifs is 1. The molecule has 0 saturated carbocycles. The lowest BCUT2D eigenvalue weighted by atomic mass is 10.1. The maximum Gasteiger partial charge on any atom is 0.253 e. The molecule has 6 nitrogen and oxygen atoms in total. The van der Waals surface area contributed by atoms with Crippen LogP contribution in [-0.2, 0) is 0 Å². The van der Waals surface area contributed by atoms with E-state index in [1.54, 1.807) is 22.7 Å². The smallest absolute Gasteiger partial charge is 0.253 e. The number of rotatable bonds is 4. The summed E-state index contributed by atoms with van der Waals surface area (Å²) >= 11 is 0. The Labute approximate surface area is 127 Å². The molecule has 2 N–H and O–H groups in total. The molecule has 0 aliphatic rings. The summed E-state index contributed by atoms with van der Waals surface area (Å²) in [5, 5.41) is 20.3. The van der Waals surface area contributed by atoms with Crippen molar-refractivity contribution in [1.29, 1.82) is 0 Å². The number of aliphatic hydroxyl groups excluding tert-OH is 1. The maximum absolute atomic E-state index is 12.4. The molecule has 1 unspecified atom stereocenters. The first-order chi connectivity index (χ1) is 10.7. The van der Waals surface area contributed by atoms with Crippen molar-refractivity contribution in [2.24, 2.45) is 0 Å². The van der Waals surface area contributed by atoms with E-state index in [-0.39, 0.29) is 12.5 Å². The predicted octanol–water partition coefficient (Wildman–Crippen LogP) is 1.50. The molecule has 2 aromatic heterocycles. The SMILES string of the molecule is Cc1nnc2ccc(C(=O)NC(CO)c3ccccc3)cn12. The van der Waals surface area contributed by atoms with Crippen LogP contribution < -0.4 is 5.32 Å². The van der Waals surface area contributed by atoms with Gasteiger partial charge in [0.15, 0.2) is 5.65 Å². The van der Waals surface area contributed by atoms with Crippen LogP contribution >= 0.6 is 0 Å². The second-order valence-corrected chi connectivity index (χ2v) is 5.01. The van der Waals surface area contributed by atoms with Gasteiger partial charge in [-0.2, -0.15) is 0 Å². The van der Waals surface area contributed by atoms with E-state index in [2.05, 4.69) is 15.5 Å². The van der Waals surface area contributed by atoms with Gasteiger partial charge in [-0.1, -0.05) is 30.3 Å². The lowest BCUT2D eigenvalue weighted by molar-refractivity contribution is 0.0915. The van der Waals surface area contributed by atoms with Crippen LogP contribution in [0.25, 0.3) is 5.65 Å². The second-order valence-electron chi connectivity index (χ2n) is 5.01. The van der Waals surface area contributed by atoms with Gasteiger partial charge in [0, 0.05) is 6.20 Å². The molecule has 0 radical (unpaired) electrons. The van der Waals surface area contributed by atoms with Crippen LogP contribution in [0.5, 0.6) is 0 Å². The quantitative estimate of drug-likeness (QED) is 0.764. The number of nitrogens with zero attached hydrogens (tertiary/aromatic N) is 3. The molecule has 1 atom stereocenters. The highest BCUT2D eigenvalue weighted by atomic mass is 16.3. The van der Waals surface area contributed by atoms with Crippen molar-refractivity contribution in [1.82, 2.24) is 19.9 Å². The number of carbonyl (C=O) groups excluding carboxylic acids is 1. The molecule has 0 aliphatic heterocycles. The highest BCUT2D eigenvalue weighted by Crippen LogP contribution is 2.13. The highest BCUT2D eigenvalue weighted by Gasteiger charge is 2.15. The molecule has 0 saturated heterocycles. The van der Waals surface area contributed by atoms with Crippen LogP contribution in [0.2, 0.25) is 0 Å². The van der Waals surface area contributed by atoms with Crippen molar-refractivity contribution < 1.29 is 9.90 Å². The number of hydrogen-bond donors (Lipinski definition) is 2. The third kappa shape index (κ3) is 2.68. The largest absolute Gasteiger partial charge is 0.394 e. The minimum absolute atomic E-state index is 0.163. The van der Waals surface area contributed by atoms with E-state index in [1.807, 2.05) is 37.3 Å². The number of aryl methyl sites for hydroxylation is 1. The summed E-state index contributed by atoms with van der Waals surface area (Å²) in [5.41, 5.74) is 2.04. The van der Waals surface area contributed by atoms with Crippen molar-refractivity contribution in [3.8, 4) is 0 Å². The third-order valence-corrected chi connectivity index (χ3v) is 3.52. The maximum atomic E-state index is 12.4. The van der Waals surface area contributed by atoms with Crippen LogP contribution in [0, 0.1) is 6.92 Å². The van der Waals surface area contributed by atoms with Crippen molar-refractivity contribution in [3.05, 3.63) is 65.6 Å². The molecule has 6 heteroatoms. The number of pyridine rings is 1. The molecule has 1 amide bonds. The summed E-state index contributed by atoms with van der Waals surface area (Å²) < 4.78 is 1.76. The summed E-state index contributed by atoms with van der Waals surface area (Å²) in [4.78, 5) is 12.4. The Morgan fingerprint density at radius 2 is 2.00 bits per heavy atom. The van der Waals surface area contributed by atoms with E-state index < -0.39 is 6.04 Å². The monoisotopic (exact) mass is 296 g/mol. The van der Waals surface area contributed by atoms with Crippen LogP contribution in [-0.4, -0.2) is 32.2 Å². The van der Waals surface area contributed by atoms with Gasteiger partial charge in [-0.25, -0.2) is 0 Å². The number of aromatic nitrogens is 3. The van der Waals surface area contributed by atoms with Gasteiger partial charge in [-0.15, -0.1) is 10.2 Å². The first kappa shape index (κ1) is 14.2. The van der Waals surface area contributed by atoms with E-state index in [9.17, 15) is 9.90 Å². The number of amides is 1. The summed E-state index contributed by atoms with van der Waals surface area (Å²) in [5.74, 6) is 0.462. The minimum atomic E-state index is -0.439. The number of aliphatic hydroxyl groups is 1. The first-order valence-corrected chi connectivity index (χ1v) is 6.97.